The van der Waals surface area contributed by atoms with Gasteiger partial charge in [-0.15, -0.1) is 0 Å². The van der Waals surface area contributed by atoms with Crippen LogP contribution in [-0.4, -0.2) is 17.4 Å². The summed E-state index contributed by atoms with van der Waals surface area (Å²) in [4.78, 5) is 14.6. The first kappa shape index (κ1) is 13.7. The second kappa shape index (κ2) is 5.61. The molecule has 1 aliphatic heterocycles. The molecule has 2 aliphatic rings. The lowest BCUT2D eigenvalue weighted by molar-refractivity contribution is -0.141. The summed E-state index contributed by atoms with van der Waals surface area (Å²) in [5, 5.41) is 0.788. The van der Waals surface area contributed by atoms with Gasteiger partial charge >= 0.3 is 0 Å². The fraction of sp³-hybridized carbons (Fsp3) is 0.471. The first-order valence-electron chi connectivity index (χ1n) is 7.35. The lowest BCUT2D eigenvalue weighted by atomic mass is 9.78. The number of fused-ring (bicyclic) bond motifs is 1. The van der Waals surface area contributed by atoms with E-state index in [4.69, 9.17) is 11.6 Å². The topological polar surface area (TPSA) is 20.3 Å². The van der Waals surface area contributed by atoms with Gasteiger partial charge in [0.25, 0.3) is 0 Å². The predicted octanol–water partition coefficient (Wildman–Crippen LogP) is 3.96. The van der Waals surface area contributed by atoms with Crippen LogP contribution in [0.5, 0.6) is 0 Å². The van der Waals surface area contributed by atoms with Gasteiger partial charge in [0.05, 0.1) is 0 Å². The van der Waals surface area contributed by atoms with Gasteiger partial charge in [-0.25, -0.2) is 0 Å². The van der Waals surface area contributed by atoms with E-state index in [1.165, 1.54) is 5.56 Å². The van der Waals surface area contributed by atoms with Gasteiger partial charge in [0, 0.05) is 24.0 Å². The van der Waals surface area contributed by atoms with Crippen molar-refractivity contribution in [3.05, 3.63) is 46.5 Å². The second-order valence-corrected chi connectivity index (χ2v) is 6.32. The number of allylic oxidation sites excluding steroid dienone is 2. The Morgan fingerprint density at radius 2 is 2.20 bits per heavy atom. The minimum Gasteiger partial charge on any atom is -0.338 e. The Hall–Kier alpha value is -1.28. The first-order chi connectivity index (χ1) is 9.65. The number of benzene rings is 1. The standard InChI is InChI=1S/C17H20ClNO/c1-12-10-13(6-7-16(12)18)11-19-9-8-14-4-2-3-5-15(14)17(19)20/h2,4,6-7,10,14-15H,3,5,8-9,11H2,1H3/t14-,15?/m0/s1. The highest BCUT2D eigenvalue weighted by Gasteiger charge is 2.35. The van der Waals surface area contributed by atoms with E-state index in [0.717, 1.165) is 36.4 Å². The van der Waals surface area contributed by atoms with Crippen LogP contribution >= 0.6 is 11.6 Å². The maximum atomic E-state index is 12.6. The molecule has 0 spiro atoms. The minimum atomic E-state index is 0.210. The second-order valence-electron chi connectivity index (χ2n) is 5.91. The molecule has 2 atom stereocenters. The lowest BCUT2D eigenvalue weighted by Crippen LogP contribution is -2.45. The van der Waals surface area contributed by atoms with E-state index < -0.39 is 0 Å². The van der Waals surface area contributed by atoms with Gasteiger partial charge in [-0.3, -0.25) is 4.79 Å². The molecule has 1 unspecified atom stereocenters. The summed E-state index contributed by atoms with van der Waals surface area (Å²) >= 11 is 6.06. The predicted molar refractivity (Wildman–Crippen MR) is 81.6 cm³/mol. The van der Waals surface area contributed by atoms with Crippen molar-refractivity contribution in [3.8, 4) is 0 Å². The highest BCUT2D eigenvalue weighted by molar-refractivity contribution is 6.31. The van der Waals surface area contributed by atoms with Crippen LogP contribution in [0.15, 0.2) is 30.4 Å². The molecule has 2 nitrogen and oxygen atoms in total. The highest BCUT2D eigenvalue weighted by atomic mass is 35.5. The molecule has 1 fully saturated rings. The third-order valence-corrected chi connectivity index (χ3v) is 4.93. The molecule has 20 heavy (non-hydrogen) atoms. The van der Waals surface area contributed by atoms with Gasteiger partial charge in [-0.05, 0) is 49.3 Å². The molecule has 1 saturated heterocycles. The van der Waals surface area contributed by atoms with Crippen LogP contribution in [0.25, 0.3) is 0 Å². The number of carbonyl (C=O) groups is 1. The third kappa shape index (κ3) is 2.62. The molecule has 1 aromatic rings. The van der Waals surface area contributed by atoms with E-state index in [1.807, 2.05) is 24.0 Å². The Morgan fingerprint density at radius 1 is 1.35 bits per heavy atom. The largest absolute Gasteiger partial charge is 0.338 e. The maximum Gasteiger partial charge on any atom is 0.226 e. The van der Waals surface area contributed by atoms with E-state index in [9.17, 15) is 4.79 Å². The van der Waals surface area contributed by atoms with Crippen molar-refractivity contribution >= 4 is 17.5 Å². The summed E-state index contributed by atoms with van der Waals surface area (Å²) < 4.78 is 0. The lowest BCUT2D eigenvalue weighted by Gasteiger charge is -2.38. The van der Waals surface area contributed by atoms with Crippen LogP contribution in [0.4, 0.5) is 0 Å². The van der Waals surface area contributed by atoms with E-state index in [2.05, 4.69) is 18.2 Å². The van der Waals surface area contributed by atoms with Gasteiger partial charge in [0.15, 0.2) is 0 Å². The first-order valence-corrected chi connectivity index (χ1v) is 7.73. The molecule has 3 rings (SSSR count). The van der Waals surface area contributed by atoms with Crippen molar-refractivity contribution in [1.82, 2.24) is 4.90 Å². The van der Waals surface area contributed by atoms with E-state index in [1.54, 1.807) is 0 Å². The smallest absolute Gasteiger partial charge is 0.226 e. The van der Waals surface area contributed by atoms with E-state index in [0.29, 0.717) is 18.4 Å². The number of halogens is 1. The number of nitrogens with zero attached hydrogens (tertiary/aromatic N) is 1. The zero-order valence-corrected chi connectivity index (χ0v) is 12.6. The SMILES string of the molecule is Cc1cc(CN2CC[C@@H]3C=CCCC3C2=O)ccc1Cl. The van der Waals surface area contributed by atoms with Crippen LogP contribution in [0, 0.1) is 18.8 Å². The van der Waals surface area contributed by atoms with Crippen LogP contribution in [0.1, 0.15) is 30.4 Å². The fourth-order valence-electron chi connectivity index (χ4n) is 3.33. The average molecular weight is 290 g/mol. The number of hydrogen-bond acceptors (Lipinski definition) is 1. The number of carbonyl (C=O) groups excluding carboxylic acids is 1. The van der Waals surface area contributed by atoms with Crippen LogP contribution in [-0.2, 0) is 11.3 Å². The Bertz CT molecular complexity index is 552. The van der Waals surface area contributed by atoms with E-state index >= 15 is 0 Å². The molecule has 1 heterocycles. The number of rotatable bonds is 2. The van der Waals surface area contributed by atoms with Crippen molar-refractivity contribution in [1.29, 1.82) is 0 Å². The molecule has 3 heteroatoms. The molecular formula is C17H20ClNO. The van der Waals surface area contributed by atoms with Gasteiger partial charge in [-0.1, -0.05) is 35.9 Å². The van der Waals surface area contributed by atoms with Gasteiger partial charge < -0.3 is 4.90 Å². The summed E-state index contributed by atoms with van der Waals surface area (Å²) in [6, 6.07) is 6.03. The van der Waals surface area contributed by atoms with Crippen molar-refractivity contribution in [2.45, 2.75) is 32.7 Å². The number of likely N-dealkylation sites (tertiary alicyclic amines) is 1. The third-order valence-electron chi connectivity index (χ3n) is 4.50. The van der Waals surface area contributed by atoms with Crippen molar-refractivity contribution < 1.29 is 4.79 Å². The molecule has 0 bridgehead atoms. The monoisotopic (exact) mass is 289 g/mol. The summed E-state index contributed by atoms with van der Waals surface area (Å²) in [6.45, 7) is 3.58. The Morgan fingerprint density at radius 3 is 3.00 bits per heavy atom. The normalized spacial score (nSPS) is 25.7. The number of aryl methyl sites for hydroxylation is 1. The fourth-order valence-corrected chi connectivity index (χ4v) is 3.45. The summed E-state index contributed by atoms with van der Waals surface area (Å²) in [5.41, 5.74) is 2.25. The molecule has 106 valence electrons. The van der Waals surface area contributed by atoms with Crippen LogP contribution in [0.3, 0.4) is 0 Å². The van der Waals surface area contributed by atoms with E-state index in [-0.39, 0.29) is 5.92 Å². The summed E-state index contributed by atoms with van der Waals surface area (Å²) in [6.07, 6.45) is 7.62. The Labute approximate surface area is 125 Å². The van der Waals surface area contributed by atoms with Crippen molar-refractivity contribution in [2.24, 2.45) is 11.8 Å². The zero-order chi connectivity index (χ0) is 14.1. The summed E-state index contributed by atoms with van der Waals surface area (Å²) in [5.74, 6) is 1.01. The Kier molecular flexibility index (Phi) is 3.84. The highest BCUT2D eigenvalue weighted by Crippen LogP contribution is 2.33. The molecule has 1 aliphatic carbocycles. The van der Waals surface area contributed by atoms with Crippen molar-refractivity contribution in [2.75, 3.05) is 6.54 Å². The number of hydrogen-bond donors (Lipinski definition) is 0. The number of amides is 1. The van der Waals surface area contributed by atoms with Crippen LogP contribution in [0.2, 0.25) is 5.02 Å². The van der Waals surface area contributed by atoms with Crippen LogP contribution < -0.4 is 0 Å². The molecule has 0 radical (unpaired) electrons. The number of piperidine rings is 1. The molecule has 1 aromatic carbocycles. The summed E-state index contributed by atoms with van der Waals surface area (Å²) in [7, 11) is 0. The van der Waals surface area contributed by atoms with Gasteiger partial charge in [-0.2, -0.15) is 0 Å². The molecule has 1 amide bonds. The maximum absolute atomic E-state index is 12.6. The molecule has 0 aromatic heterocycles. The minimum absolute atomic E-state index is 0.210. The van der Waals surface area contributed by atoms with Gasteiger partial charge in [0.1, 0.15) is 0 Å². The molecule has 0 N–H and O–H groups in total. The zero-order valence-electron chi connectivity index (χ0n) is 11.8. The Balaban J connectivity index is 1.73. The molecule has 0 saturated carbocycles. The average Bonchev–Trinajstić information content (AvgIpc) is 2.46. The quantitative estimate of drug-likeness (QED) is 0.755. The van der Waals surface area contributed by atoms with Crippen molar-refractivity contribution in [3.63, 3.8) is 0 Å². The molecular weight excluding hydrogens is 270 g/mol. The van der Waals surface area contributed by atoms with Gasteiger partial charge in [0.2, 0.25) is 5.91 Å².